The molecule has 1 aliphatic rings. The zero-order valence-corrected chi connectivity index (χ0v) is 15.4. The van der Waals surface area contributed by atoms with Gasteiger partial charge in [-0.15, -0.1) is 0 Å². The van der Waals surface area contributed by atoms with Gasteiger partial charge in [0.2, 0.25) is 0 Å². The predicted molar refractivity (Wildman–Crippen MR) is 104 cm³/mol. The van der Waals surface area contributed by atoms with E-state index in [4.69, 9.17) is 9.47 Å². The van der Waals surface area contributed by atoms with Crippen LogP contribution in [0, 0.1) is 0 Å². The van der Waals surface area contributed by atoms with Crippen molar-refractivity contribution in [2.75, 3.05) is 14.2 Å². The largest absolute Gasteiger partial charge is 0.504 e. The van der Waals surface area contributed by atoms with Gasteiger partial charge in [-0.25, -0.2) is 0 Å². The van der Waals surface area contributed by atoms with Crippen molar-refractivity contribution in [3.63, 3.8) is 0 Å². The number of benzene rings is 2. The monoisotopic (exact) mass is 366 g/mol. The average Bonchev–Trinajstić information content (AvgIpc) is 2.65. The first-order valence-corrected chi connectivity index (χ1v) is 8.71. The van der Waals surface area contributed by atoms with Gasteiger partial charge in [0.05, 0.1) is 14.2 Å². The molecule has 2 aromatic carbocycles. The molecule has 1 saturated carbocycles. The Morgan fingerprint density at radius 3 is 1.63 bits per heavy atom. The molecule has 1 fully saturated rings. The van der Waals surface area contributed by atoms with Crippen LogP contribution in [0.4, 0.5) is 0 Å². The maximum absolute atomic E-state index is 12.8. The first-order chi connectivity index (χ1) is 13.0. The molecule has 0 amide bonds. The van der Waals surface area contributed by atoms with Gasteiger partial charge >= 0.3 is 0 Å². The molecule has 5 heteroatoms. The Balaban J connectivity index is 1.87. The Hall–Kier alpha value is -3.21. The van der Waals surface area contributed by atoms with Gasteiger partial charge in [-0.2, -0.15) is 0 Å². The summed E-state index contributed by atoms with van der Waals surface area (Å²) >= 11 is 0. The summed E-state index contributed by atoms with van der Waals surface area (Å²) in [6, 6.07) is 10.1. The molecule has 0 bridgehead atoms. The lowest BCUT2D eigenvalue weighted by atomic mass is 9.87. The van der Waals surface area contributed by atoms with Gasteiger partial charge in [0.25, 0.3) is 0 Å². The van der Waals surface area contributed by atoms with Crippen molar-refractivity contribution in [2.24, 2.45) is 0 Å². The molecule has 5 nitrogen and oxygen atoms in total. The van der Waals surface area contributed by atoms with Gasteiger partial charge in [-0.1, -0.05) is 12.1 Å². The van der Waals surface area contributed by atoms with Crippen LogP contribution in [-0.4, -0.2) is 30.2 Å². The van der Waals surface area contributed by atoms with E-state index in [0.29, 0.717) is 35.5 Å². The number of rotatable bonds is 4. The molecule has 0 saturated heterocycles. The van der Waals surface area contributed by atoms with E-state index in [1.807, 2.05) is 0 Å². The minimum absolute atomic E-state index is 0.00753. The van der Waals surface area contributed by atoms with Crippen LogP contribution in [0.5, 0.6) is 23.0 Å². The molecule has 0 aromatic heterocycles. The van der Waals surface area contributed by atoms with E-state index in [0.717, 1.165) is 17.5 Å². The molecule has 0 spiro atoms. The zero-order valence-electron chi connectivity index (χ0n) is 15.4. The molecule has 0 atom stereocenters. The second-order valence-corrected chi connectivity index (χ2v) is 6.38. The lowest BCUT2D eigenvalue weighted by molar-refractivity contribution is -0.112. The predicted octanol–water partition coefficient (Wildman–Crippen LogP) is 4.34. The van der Waals surface area contributed by atoms with E-state index in [1.165, 1.54) is 14.2 Å². The second-order valence-electron chi connectivity index (χ2n) is 6.38. The molecule has 3 rings (SSSR count). The van der Waals surface area contributed by atoms with Crippen LogP contribution < -0.4 is 9.47 Å². The highest BCUT2D eigenvalue weighted by molar-refractivity contribution is 6.14. The summed E-state index contributed by atoms with van der Waals surface area (Å²) in [4.78, 5) is 12.8. The maximum atomic E-state index is 12.8. The van der Waals surface area contributed by atoms with Crippen molar-refractivity contribution < 1.29 is 24.5 Å². The van der Waals surface area contributed by atoms with Crippen molar-refractivity contribution in [1.29, 1.82) is 0 Å². The van der Waals surface area contributed by atoms with Gasteiger partial charge in [0.1, 0.15) is 0 Å². The summed E-state index contributed by atoms with van der Waals surface area (Å²) in [5, 5.41) is 19.8. The Morgan fingerprint density at radius 1 is 0.815 bits per heavy atom. The molecule has 0 unspecified atom stereocenters. The normalized spacial score (nSPS) is 17.3. The van der Waals surface area contributed by atoms with Crippen molar-refractivity contribution in [3.05, 3.63) is 58.7 Å². The van der Waals surface area contributed by atoms with E-state index < -0.39 is 0 Å². The minimum atomic E-state index is -0.00753. The highest BCUT2D eigenvalue weighted by Gasteiger charge is 2.20. The Kier molecular flexibility index (Phi) is 5.50. The molecule has 0 heterocycles. The number of ether oxygens (including phenoxy) is 2. The van der Waals surface area contributed by atoms with Crippen LogP contribution in [-0.2, 0) is 4.79 Å². The van der Waals surface area contributed by atoms with Gasteiger partial charge in [0.15, 0.2) is 28.8 Å². The first-order valence-electron chi connectivity index (χ1n) is 8.71. The third-order valence-electron chi connectivity index (χ3n) is 4.56. The smallest absolute Gasteiger partial charge is 0.185 e. The van der Waals surface area contributed by atoms with Crippen LogP contribution in [0.15, 0.2) is 47.5 Å². The van der Waals surface area contributed by atoms with Gasteiger partial charge in [0, 0.05) is 11.1 Å². The summed E-state index contributed by atoms with van der Waals surface area (Å²) in [6.07, 6.45) is 5.86. The topological polar surface area (TPSA) is 76.0 Å². The van der Waals surface area contributed by atoms with Gasteiger partial charge in [-0.3, -0.25) is 4.79 Å². The number of ketones is 1. The van der Waals surface area contributed by atoms with Crippen LogP contribution >= 0.6 is 0 Å². The molecule has 2 N–H and O–H groups in total. The summed E-state index contributed by atoms with van der Waals surface area (Å²) in [5.74, 6) is 0.866. The molecule has 1 aliphatic carbocycles. The van der Waals surface area contributed by atoms with Crippen molar-refractivity contribution in [2.45, 2.75) is 19.3 Å². The molecule has 0 aliphatic heterocycles. The lowest BCUT2D eigenvalue weighted by Crippen LogP contribution is -2.12. The standard InChI is InChI=1S/C22H22O5/c1-26-20-8-6-14(12-18(20)23)10-16-4-3-5-17(22(16)25)11-15-7-9-21(27-2)19(24)13-15/h6-13,23-24H,3-5H2,1-2H3. The van der Waals surface area contributed by atoms with E-state index in [-0.39, 0.29) is 17.3 Å². The number of carbonyl (C=O) groups is 1. The molecule has 0 radical (unpaired) electrons. The third kappa shape index (κ3) is 4.14. The molecular formula is C22H22O5. The van der Waals surface area contributed by atoms with Crippen LogP contribution in [0.2, 0.25) is 0 Å². The number of phenolic OH excluding ortho intramolecular Hbond substituents is 2. The van der Waals surface area contributed by atoms with Crippen molar-refractivity contribution in [3.8, 4) is 23.0 Å². The Bertz CT molecular complexity index is 851. The van der Waals surface area contributed by atoms with Crippen molar-refractivity contribution in [1.82, 2.24) is 0 Å². The van der Waals surface area contributed by atoms with E-state index in [2.05, 4.69) is 0 Å². The number of allylic oxidation sites excluding steroid dienone is 2. The van der Waals surface area contributed by atoms with Crippen LogP contribution in [0.3, 0.4) is 0 Å². The maximum Gasteiger partial charge on any atom is 0.185 e. The highest BCUT2D eigenvalue weighted by atomic mass is 16.5. The number of phenols is 2. The number of carbonyl (C=O) groups excluding carboxylic acids is 1. The number of hydrogen-bond acceptors (Lipinski definition) is 5. The average molecular weight is 366 g/mol. The quantitative estimate of drug-likeness (QED) is 0.788. The summed E-state index contributed by atoms with van der Waals surface area (Å²) in [5.41, 5.74) is 2.91. The minimum Gasteiger partial charge on any atom is -0.504 e. The molecule has 140 valence electrons. The molecular weight excluding hydrogens is 344 g/mol. The number of methoxy groups -OCH3 is 2. The summed E-state index contributed by atoms with van der Waals surface area (Å²) in [6.45, 7) is 0. The first kappa shape index (κ1) is 18.6. The molecule has 27 heavy (non-hydrogen) atoms. The zero-order chi connectivity index (χ0) is 19.4. The van der Waals surface area contributed by atoms with E-state index in [9.17, 15) is 15.0 Å². The SMILES string of the molecule is COc1ccc(C=C2CCCC(=Cc3ccc(OC)c(O)c3)C2=O)cc1O. The Morgan fingerprint density at radius 2 is 1.26 bits per heavy atom. The number of hydrogen-bond donors (Lipinski definition) is 2. The summed E-state index contributed by atoms with van der Waals surface area (Å²) < 4.78 is 10.1. The fraction of sp³-hybridized carbons (Fsp3) is 0.227. The fourth-order valence-corrected chi connectivity index (χ4v) is 3.17. The second kappa shape index (κ2) is 7.99. The van der Waals surface area contributed by atoms with Crippen LogP contribution in [0.25, 0.3) is 12.2 Å². The lowest BCUT2D eigenvalue weighted by Gasteiger charge is -2.17. The summed E-state index contributed by atoms with van der Waals surface area (Å²) in [7, 11) is 2.98. The third-order valence-corrected chi connectivity index (χ3v) is 4.56. The number of Topliss-reactive ketones (excluding diaryl/α,β-unsaturated/α-hetero) is 1. The fourth-order valence-electron chi connectivity index (χ4n) is 3.17. The van der Waals surface area contributed by atoms with E-state index >= 15 is 0 Å². The highest BCUT2D eigenvalue weighted by Crippen LogP contribution is 2.32. The van der Waals surface area contributed by atoms with Crippen LogP contribution in [0.1, 0.15) is 30.4 Å². The molecule has 2 aromatic rings. The van der Waals surface area contributed by atoms with E-state index in [1.54, 1.807) is 48.6 Å². The van der Waals surface area contributed by atoms with Gasteiger partial charge in [-0.05, 0) is 66.8 Å². The van der Waals surface area contributed by atoms with Gasteiger partial charge < -0.3 is 19.7 Å². The Labute approximate surface area is 158 Å². The van der Waals surface area contributed by atoms with Crippen molar-refractivity contribution >= 4 is 17.9 Å². The number of aromatic hydroxyl groups is 2.